The van der Waals surface area contributed by atoms with Crippen molar-refractivity contribution in [2.75, 3.05) is 6.54 Å². The molecule has 2 aliphatic rings. The van der Waals surface area contributed by atoms with Gasteiger partial charge in [0.1, 0.15) is 0 Å². The van der Waals surface area contributed by atoms with Crippen LogP contribution in [0.4, 0.5) is 0 Å². The second kappa shape index (κ2) is 10.5. The van der Waals surface area contributed by atoms with E-state index in [1.165, 1.54) is 19.3 Å². The van der Waals surface area contributed by atoms with Gasteiger partial charge in [-0.3, -0.25) is 9.69 Å². The zero-order valence-corrected chi connectivity index (χ0v) is 20.0. The molecule has 1 amide bonds. The third kappa shape index (κ3) is 5.05. The zero-order valence-electron chi connectivity index (χ0n) is 20.0. The molecule has 1 aromatic heterocycles. The molecule has 176 valence electrons. The highest BCUT2D eigenvalue weighted by molar-refractivity contribution is 5.82. The first kappa shape index (κ1) is 22.7. The third-order valence-electron chi connectivity index (χ3n) is 7.18. The summed E-state index contributed by atoms with van der Waals surface area (Å²) in [6.07, 6.45) is 7.79. The molecule has 34 heavy (non-hydrogen) atoms. The Bertz CT molecular complexity index is 1100. The summed E-state index contributed by atoms with van der Waals surface area (Å²) in [5.41, 5.74) is 4.07. The van der Waals surface area contributed by atoms with Gasteiger partial charge in [0.25, 0.3) is 0 Å². The number of amides is 1. The molecule has 2 fully saturated rings. The highest BCUT2D eigenvalue weighted by Gasteiger charge is 2.39. The lowest BCUT2D eigenvalue weighted by atomic mass is 9.95. The van der Waals surface area contributed by atoms with Gasteiger partial charge in [-0.05, 0) is 44.2 Å². The Balaban J connectivity index is 1.49. The van der Waals surface area contributed by atoms with Crippen LogP contribution in [-0.4, -0.2) is 39.4 Å². The fourth-order valence-electron chi connectivity index (χ4n) is 5.52. The summed E-state index contributed by atoms with van der Waals surface area (Å²) in [4.78, 5) is 25.7. The molecule has 0 spiro atoms. The molecule has 5 rings (SSSR count). The summed E-state index contributed by atoms with van der Waals surface area (Å²) in [6.45, 7) is 2.89. The van der Waals surface area contributed by atoms with Gasteiger partial charge in [-0.2, -0.15) is 0 Å². The number of likely N-dealkylation sites (tertiary alicyclic amines) is 1. The molecule has 0 radical (unpaired) electrons. The highest BCUT2D eigenvalue weighted by atomic mass is 16.2. The monoisotopic (exact) mass is 454 g/mol. The topological polar surface area (TPSA) is 58.1 Å². The highest BCUT2D eigenvalue weighted by Crippen LogP contribution is 2.34. The van der Waals surface area contributed by atoms with Crippen molar-refractivity contribution in [2.45, 2.75) is 70.0 Å². The lowest BCUT2D eigenvalue weighted by Crippen LogP contribution is -2.48. The van der Waals surface area contributed by atoms with Crippen LogP contribution in [0.3, 0.4) is 0 Å². The van der Waals surface area contributed by atoms with Crippen LogP contribution in [0.5, 0.6) is 0 Å². The van der Waals surface area contributed by atoms with Gasteiger partial charge in [0.2, 0.25) is 5.91 Å². The van der Waals surface area contributed by atoms with Crippen molar-refractivity contribution in [3.63, 3.8) is 0 Å². The standard InChI is InChI=1S/C29H34N4O/c1-21-20-25(22-12-5-2-6-13-22)32-28(30-21)27(23-14-7-3-8-15-23)33-19-11-18-26(33)29(34)31-24-16-9-4-10-17-24/h2-3,5-8,12-15,20,24,26-27H,4,9-11,16-19H2,1H3,(H,31,34)/t26-,27?/m0/s1. The number of nitrogens with one attached hydrogen (secondary N) is 1. The van der Waals surface area contributed by atoms with Crippen molar-refractivity contribution in [3.05, 3.63) is 83.8 Å². The first-order valence-electron chi connectivity index (χ1n) is 12.7. The maximum Gasteiger partial charge on any atom is 0.237 e. The third-order valence-corrected chi connectivity index (χ3v) is 7.18. The first-order valence-corrected chi connectivity index (χ1v) is 12.7. The van der Waals surface area contributed by atoms with E-state index in [-0.39, 0.29) is 18.0 Å². The number of carbonyl (C=O) groups excluding carboxylic acids is 1. The Morgan fingerprint density at radius 1 is 0.912 bits per heavy atom. The van der Waals surface area contributed by atoms with Crippen LogP contribution >= 0.6 is 0 Å². The van der Waals surface area contributed by atoms with Gasteiger partial charge in [0.05, 0.1) is 17.8 Å². The average Bonchev–Trinajstić information content (AvgIpc) is 3.35. The van der Waals surface area contributed by atoms with Gasteiger partial charge in [0.15, 0.2) is 5.82 Å². The van der Waals surface area contributed by atoms with Crippen LogP contribution in [0.25, 0.3) is 11.3 Å². The predicted molar refractivity (Wildman–Crippen MR) is 135 cm³/mol. The summed E-state index contributed by atoms with van der Waals surface area (Å²) in [6, 6.07) is 22.7. The quantitative estimate of drug-likeness (QED) is 0.538. The van der Waals surface area contributed by atoms with E-state index in [0.717, 1.165) is 60.6 Å². The van der Waals surface area contributed by atoms with Crippen LogP contribution in [0.1, 0.15) is 68.1 Å². The molecule has 3 aromatic rings. The summed E-state index contributed by atoms with van der Waals surface area (Å²) >= 11 is 0. The summed E-state index contributed by atoms with van der Waals surface area (Å²) in [5.74, 6) is 0.934. The van der Waals surface area contributed by atoms with Gasteiger partial charge in [0, 0.05) is 23.8 Å². The Morgan fingerprint density at radius 3 is 2.35 bits per heavy atom. The van der Waals surface area contributed by atoms with E-state index in [1.807, 2.05) is 37.3 Å². The number of aryl methyl sites for hydroxylation is 1. The van der Waals surface area contributed by atoms with Crippen molar-refractivity contribution < 1.29 is 4.79 Å². The molecule has 1 saturated carbocycles. The van der Waals surface area contributed by atoms with E-state index >= 15 is 0 Å². The minimum Gasteiger partial charge on any atom is -0.352 e. The first-order chi connectivity index (χ1) is 16.7. The normalized spacial score (nSPS) is 20.2. The second-order valence-electron chi connectivity index (χ2n) is 9.67. The fourth-order valence-corrected chi connectivity index (χ4v) is 5.52. The molecule has 1 aliphatic carbocycles. The van der Waals surface area contributed by atoms with Gasteiger partial charge in [-0.1, -0.05) is 79.9 Å². The van der Waals surface area contributed by atoms with Gasteiger partial charge >= 0.3 is 0 Å². The molecule has 2 heterocycles. The van der Waals surface area contributed by atoms with Crippen molar-refractivity contribution in [1.82, 2.24) is 20.2 Å². The van der Waals surface area contributed by atoms with E-state index in [4.69, 9.17) is 9.97 Å². The Morgan fingerprint density at radius 2 is 1.62 bits per heavy atom. The number of rotatable bonds is 6. The molecule has 2 aromatic carbocycles. The lowest BCUT2D eigenvalue weighted by molar-refractivity contribution is -0.127. The molecular weight excluding hydrogens is 420 g/mol. The van der Waals surface area contributed by atoms with Crippen LogP contribution in [0, 0.1) is 6.92 Å². The molecule has 1 unspecified atom stereocenters. The smallest absolute Gasteiger partial charge is 0.237 e. The van der Waals surface area contributed by atoms with E-state index < -0.39 is 0 Å². The molecule has 0 bridgehead atoms. The number of nitrogens with zero attached hydrogens (tertiary/aromatic N) is 3. The minimum absolute atomic E-state index is 0.156. The Hall–Kier alpha value is -3.05. The molecular formula is C29H34N4O. The lowest BCUT2D eigenvalue weighted by Gasteiger charge is -2.33. The zero-order chi connectivity index (χ0) is 23.3. The SMILES string of the molecule is Cc1cc(-c2ccccc2)nc(C(c2ccccc2)N2CCC[C@H]2C(=O)NC2CCCCC2)n1. The molecule has 1 saturated heterocycles. The Labute approximate surface area is 202 Å². The van der Waals surface area contributed by atoms with Crippen LogP contribution < -0.4 is 5.32 Å². The van der Waals surface area contributed by atoms with E-state index in [9.17, 15) is 4.79 Å². The van der Waals surface area contributed by atoms with E-state index in [2.05, 4.69) is 46.6 Å². The van der Waals surface area contributed by atoms with Gasteiger partial charge in [-0.25, -0.2) is 9.97 Å². The summed E-state index contributed by atoms with van der Waals surface area (Å²) < 4.78 is 0. The number of hydrogen-bond acceptors (Lipinski definition) is 4. The minimum atomic E-state index is -0.159. The number of carbonyl (C=O) groups is 1. The van der Waals surface area contributed by atoms with Crippen molar-refractivity contribution >= 4 is 5.91 Å². The van der Waals surface area contributed by atoms with Crippen LogP contribution in [0.2, 0.25) is 0 Å². The van der Waals surface area contributed by atoms with Gasteiger partial charge in [-0.15, -0.1) is 0 Å². The van der Waals surface area contributed by atoms with E-state index in [1.54, 1.807) is 0 Å². The molecule has 1 N–H and O–H groups in total. The van der Waals surface area contributed by atoms with Crippen LogP contribution in [-0.2, 0) is 4.79 Å². The van der Waals surface area contributed by atoms with Gasteiger partial charge < -0.3 is 5.32 Å². The van der Waals surface area contributed by atoms with Crippen molar-refractivity contribution in [1.29, 1.82) is 0 Å². The predicted octanol–water partition coefficient (Wildman–Crippen LogP) is 5.45. The number of aromatic nitrogens is 2. The maximum atomic E-state index is 13.5. The largest absolute Gasteiger partial charge is 0.352 e. The summed E-state index contributed by atoms with van der Waals surface area (Å²) in [5, 5.41) is 3.38. The van der Waals surface area contributed by atoms with Crippen molar-refractivity contribution in [2.24, 2.45) is 0 Å². The van der Waals surface area contributed by atoms with E-state index in [0.29, 0.717) is 6.04 Å². The molecule has 2 atom stereocenters. The molecule has 5 heteroatoms. The fraction of sp³-hybridized carbons (Fsp3) is 0.414. The Kier molecular flexibility index (Phi) is 7.00. The molecule has 5 nitrogen and oxygen atoms in total. The maximum absolute atomic E-state index is 13.5. The molecule has 1 aliphatic heterocycles. The van der Waals surface area contributed by atoms with Crippen molar-refractivity contribution in [3.8, 4) is 11.3 Å². The second-order valence-corrected chi connectivity index (χ2v) is 9.67. The summed E-state index contributed by atoms with van der Waals surface area (Å²) in [7, 11) is 0. The number of benzene rings is 2. The number of hydrogen-bond donors (Lipinski definition) is 1. The average molecular weight is 455 g/mol. The van der Waals surface area contributed by atoms with Crippen LogP contribution in [0.15, 0.2) is 66.7 Å².